The Morgan fingerprint density at radius 1 is 0.300 bits per heavy atom. The Balaban J connectivity index is 0.979. The van der Waals surface area contributed by atoms with Crippen molar-refractivity contribution in [3.05, 3.63) is 229 Å². The third-order valence-corrected chi connectivity index (χ3v) is 12.8. The number of para-hydroxylation sites is 1. The first-order valence-corrected chi connectivity index (χ1v) is 20.5. The van der Waals surface area contributed by atoms with Crippen molar-refractivity contribution in [1.82, 2.24) is 0 Å². The summed E-state index contributed by atoms with van der Waals surface area (Å²) in [4.78, 5) is 0. The number of rotatable bonds is 4. The van der Waals surface area contributed by atoms with Crippen LogP contribution >= 0.6 is 0 Å². The van der Waals surface area contributed by atoms with Gasteiger partial charge in [0.2, 0.25) is 0 Å². The molecule has 1 aliphatic carbocycles. The highest BCUT2D eigenvalue weighted by molar-refractivity contribution is 6.22. The molecule has 2 aliphatic rings. The summed E-state index contributed by atoms with van der Waals surface area (Å²) >= 11 is 0. The molecule has 0 saturated carbocycles. The lowest BCUT2D eigenvalue weighted by Crippen LogP contribution is -2.28. The minimum Gasteiger partial charge on any atom is -0.456 e. The monoisotopic (exact) mass is 766 g/mol. The lowest BCUT2D eigenvalue weighted by Gasteiger charge is -2.34. The molecule has 3 nitrogen and oxygen atoms in total. The van der Waals surface area contributed by atoms with Crippen LogP contribution in [-0.2, 0) is 5.41 Å². The van der Waals surface area contributed by atoms with E-state index >= 15 is 0 Å². The van der Waals surface area contributed by atoms with Gasteiger partial charge >= 0.3 is 0 Å². The van der Waals surface area contributed by atoms with Gasteiger partial charge in [-0.05, 0) is 120 Å². The van der Waals surface area contributed by atoms with Crippen LogP contribution in [0.4, 0.5) is 0 Å². The van der Waals surface area contributed by atoms with Crippen LogP contribution in [0.25, 0.3) is 76.9 Å². The first kappa shape index (κ1) is 33.1. The maximum atomic E-state index is 6.98. The van der Waals surface area contributed by atoms with Gasteiger partial charge in [0.25, 0.3) is 0 Å². The van der Waals surface area contributed by atoms with Gasteiger partial charge in [0, 0.05) is 10.8 Å². The number of hydrogen-bond donors (Lipinski definition) is 0. The smallest absolute Gasteiger partial charge is 0.170 e. The summed E-state index contributed by atoms with van der Waals surface area (Å²) in [6, 6.07) is 73.6. The summed E-state index contributed by atoms with van der Waals surface area (Å²) in [6.45, 7) is 0. The Bertz CT molecular complexity index is 3450. The fourth-order valence-corrected chi connectivity index (χ4v) is 10.3. The van der Waals surface area contributed by atoms with E-state index in [2.05, 4.69) is 194 Å². The second kappa shape index (κ2) is 12.6. The average molecular weight is 767 g/mol. The highest BCUT2D eigenvalue weighted by atomic mass is 16.6. The maximum absolute atomic E-state index is 6.98. The zero-order valence-electron chi connectivity index (χ0n) is 32.4. The fraction of sp³-hybridized carbons (Fsp3) is 0.0175. The predicted octanol–water partition coefficient (Wildman–Crippen LogP) is 15.5. The molecule has 280 valence electrons. The van der Waals surface area contributed by atoms with Gasteiger partial charge in [-0.15, -0.1) is 0 Å². The van der Waals surface area contributed by atoms with Crippen LogP contribution in [0.3, 0.4) is 0 Å². The second-order valence-corrected chi connectivity index (χ2v) is 15.9. The second-order valence-electron chi connectivity index (χ2n) is 15.9. The number of hydrogen-bond acceptors (Lipinski definition) is 3. The summed E-state index contributed by atoms with van der Waals surface area (Å²) in [5, 5.41) is 6.96. The summed E-state index contributed by atoms with van der Waals surface area (Å²) in [5.74, 6) is 2.80. The van der Waals surface area contributed by atoms with E-state index in [1.165, 1.54) is 54.9 Å². The van der Waals surface area contributed by atoms with E-state index in [9.17, 15) is 0 Å². The molecule has 0 atom stereocenters. The van der Waals surface area contributed by atoms with E-state index in [1.54, 1.807) is 0 Å². The molecule has 0 bridgehead atoms. The third-order valence-electron chi connectivity index (χ3n) is 12.8. The van der Waals surface area contributed by atoms with Crippen LogP contribution in [0.1, 0.15) is 22.3 Å². The van der Waals surface area contributed by atoms with Crippen molar-refractivity contribution in [3.8, 4) is 56.4 Å². The van der Waals surface area contributed by atoms with Gasteiger partial charge in [0.15, 0.2) is 23.0 Å². The highest BCUT2D eigenvalue weighted by Gasteiger charge is 2.47. The van der Waals surface area contributed by atoms with Gasteiger partial charge < -0.3 is 13.9 Å². The van der Waals surface area contributed by atoms with Crippen LogP contribution < -0.4 is 9.47 Å². The number of benzene rings is 10. The zero-order chi connectivity index (χ0) is 39.4. The Hall–Kier alpha value is -7.88. The van der Waals surface area contributed by atoms with E-state index in [0.29, 0.717) is 23.0 Å². The van der Waals surface area contributed by atoms with Gasteiger partial charge in [-0.2, -0.15) is 0 Å². The van der Waals surface area contributed by atoms with Crippen LogP contribution in [0.2, 0.25) is 0 Å². The first-order valence-electron chi connectivity index (χ1n) is 20.5. The summed E-state index contributed by atoms with van der Waals surface area (Å²) in [6.07, 6.45) is 0. The van der Waals surface area contributed by atoms with Crippen molar-refractivity contribution >= 4 is 43.5 Å². The normalized spacial score (nSPS) is 13.4. The number of ether oxygens (including phenoxy) is 2. The number of furan rings is 1. The predicted molar refractivity (Wildman–Crippen MR) is 243 cm³/mol. The molecule has 1 aromatic heterocycles. The molecule has 1 aliphatic heterocycles. The van der Waals surface area contributed by atoms with Crippen molar-refractivity contribution in [2.75, 3.05) is 0 Å². The Labute approximate surface area is 346 Å². The average Bonchev–Trinajstić information content (AvgIpc) is 3.82. The van der Waals surface area contributed by atoms with Gasteiger partial charge in [0.1, 0.15) is 11.2 Å². The van der Waals surface area contributed by atoms with E-state index in [4.69, 9.17) is 13.9 Å². The lowest BCUT2D eigenvalue weighted by atomic mass is 9.67. The summed E-state index contributed by atoms with van der Waals surface area (Å²) in [7, 11) is 0. The van der Waals surface area contributed by atoms with Crippen molar-refractivity contribution in [2.24, 2.45) is 0 Å². The van der Waals surface area contributed by atoms with E-state index in [-0.39, 0.29) is 0 Å². The molecule has 0 radical (unpaired) electrons. The van der Waals surface area contributed by atoms with Crippen LogP contribution in [0, 0.1) is 0 Å². The summed E-state index contributed by atoms with van der Waals surface area (Å²) < 4.78 is 20.0. The van der Waals surface area contributed by atoms with Crippen molar-refractivity contribution < 1.29 is 13.9 Å². The minimum atomic E-state index is -0.538. The van der Waals surface area contributed by atoms with Crippen LogP contribution in [0.5, 0.6) is 23.0 Å². The molecule has 2 heterocycles. The fourth-order valence-electron chi connectivity index (χ4n) is 10.3. The highest BCUT2D eigenvalue weighted by Crippen LogP contribution is 2.60. The molecule has 0 fully saturated rings. The minimum absolute atomic E-state index is 0.538. The Kier molecular flexibility index (Phi) is 6.93. The molecule has 0 unspecified atom stereocenters. The first-order chi connectivity index (χ1) is 29.7. The molecule has 3 heteroatoms. The van der Waals surface area contributed by atoms with Gasteiger partial charge in [-0.1, -0.05) is 164 Å². The molecule has 13 rings (SSSR count). The van der Waals surface area contributed by atoms with Crippen LogP contribution in [-0.4, -0.2) is 0 Å². The molecule has 0 saturated heterocycles. The van der Waals surface area contributed by atoms with Gasteiger partial charge in [0.05, 0.1) is 5.41 Å². The molecule has 10 aromatic carbocycles. The molecule has 11 aromatic rings. The molecular weight excluding hydrogens is 733 g/mol. The van der Waals surface area contributed by atoms with E-state index in [1.807, 2.05) is 12.1 Å². The van der Waals surface area contributed by atoms with Crippen molar-refractivity contribution in [1.29, 1.82) is 0 Å². The van der Waals surface area contributed by atoms with Crippen LogP contribution in [0.15, 0.2) is 211 Å². The Morgan fingerprint density at radius 2 is 0.800 bits per heavy atom. The quantitative estimate of drug-likeness (QED) is 0.167. The van der Waals surface area contributed by atoms with Gasteiger partial charge in [-0.3, -0.25) is 0 Å². The standard InChI is InChI=1S/C57H34O3/c1-3-15-37(16-4-1)57(38-17-5-2-6-18-38)47-25-13-11-19-39(47)45-33-53-54(34-48(45)57)60-52-32-36(28-30-51(52)59-53)56-43-23-9-7-21-41(43)55(42-22-8-10-24-44(42)56)35-27-29-50-46(31-35)40-20-12-14-26-49(40)58-50/h1-34H. The summed E-state index contributed by atoms with van der Waals surface area (Å²) in [5.41, 5.74) is 13.0. The zero-order valence-corrected chi connectivity index (χ0v) is 32.4. The topological polar surface area (TPSA) is 31.6 Å². The van der Waals surface area contributed by atoms with Crippen molar-refractivity contribution in [2.45, 2.75) is 5.41 Å². The molecule has 0 N–H and O–H groups in total. The molecule has 0 amide bonds. The third kappa shape index (κ3) is 4.60. The molecular formula is C57H34O3. The lowest BCUT2D eigenvalue weighted by molar-refractivity contribution is 0.359. The van der Waals surface area contributed by atoms with E-state index < -0.39 is 5.41 Å². The number of fused-ring (bicyclic) bond motifs is 10. The molecule has 0 spiro atoms. The van der Waals surface area contributed by atoms with Gasteiger partial charge in [-0.25, -0.2) is 0 Å². The maximum Gasteiger partial charge on any atom is 0.170 e. The molecule has 60 heavy (non-hydrogen) atoms. The van der Waals surface area contributed by atoms with E-state index in [0.717, 1.165) is 44.2 Å². The SMILES string of the molecule is c1ccc(C2(c3ccccc3)c3ccccc3-c3cc4c(cc32)Oc2cc(-c3c5ccccc5c(-c5ccc6oc7ccccc7c6c5)c5ccccc35)ccc2O4)cc1. The largest absolute Gasteiger partial charge is 0.456 e. The Morgan fingerprint density at radius 3 is 1.48 bits per heavy atom. The van der Waals surface area contributed by atoms with Crippen molar-refractivity contribution in [3.63, 3.8) is 0 Å².